The number of rotatable bonds is 7. The molecule has 1 fully saturated rings. The van der Waals surface area contributed by atoms with E-state index in [2.05, 4.69) is 0 Å². The van der Waals surface area contributed by atoms with Crippen molar-refractivity contribution < 1.29 is 22.0 Å². The third kappa shape index (κ3) is 2.91. The second-order valence-electron chi connectivity index (χ2n) is 5.79. The van der Waals surface area contributed by atoms with Crippen molar-refractivity contribution in [2.75, 3.05) is 13.2 Å². The van der Waals surface area contributed by atoms with Crippen LogP contribution in [0.5, 0.6) is 0 Å². The average Bonchev–Trinajstić information content (AvgIpc) is 2.92. The van der Waals surface area contributed by atoms with E-state index < -0.39 is 21.9 Å². The SMILES string of the molecule is CCOP(=O)(OCC)C1(S(=O)(=O)c2ccccc2)CCCC1C. The standard InChI is InChI=1S/C16H25O5PS/c1-4-20-22(17,21-5-2)16(13-9-10-14(16)3)23(18,19)15-11-7-6-8-12-15/h6-8,11-12,14H,4-5,9-10,13H2,1-3H3. The molecule has 1 aliphatic carbocycles. The molecule has 0 aliphatic heterocycles. The van der Waals surface area contributed by atoms with Crippen molar-refractivity contribution in [1.82, 2.24) is 0 Å². The zero-order valence-corrected chi connectivity index (χ0v) is 15.6. The first-order chi connectivity index (χ1) is 10.9. The van der Waals surface area contributed by atoms with Gasteiger partial charge in [-0.25, -0.2) is 8.42 Å². The minimum atomic E-state index is -3.86. The summed E-state index contributed by atoms with van der Waals surface area (Å²) in [6, 6.07) is 8.20. The highest BCUT2D eigenvalue weighted by Crippen LogP contribution is 2.71. The molecule has 2 rings (SSSR count). The lowest BCUT2D eigenvalue weighted by Crippen LogP contribution is -2.42. The monoisotopic (exact) mass is 360 g/mol. The minimum absolute atomic E-state index is 0.149. The van der Waals surface area contributed by atoms with Crippen LogP contribution in [0.4, 0.5) is 0 Å². The summed E-state index contributed by atoms with van der Waals surface area (Å²) in [6.45, 7) is 5.53. The molecule has 2 unspecified atom stereocenters. The van der Waals surface area contributed by atoms with Gasteiger partial charge in [0.1, 0.15) is 0 Å². The van der Waals surface area contributed by atoms with Crippen molar-refractivity contribution in [2.45, 2.75) is 49.4 Å². The summed E-state index contributed by atoms with van der Waals surface area (Å²) < 4.78 is 49.9. The van der Waals surface area contributed by atoms with E-state index in [-0.39, 0.29) is 24.0 Å². The van der Waals surface area contributed by atoms with Gasteiger partial charge in [0.2, 0.25) is 0 Å². The Hall–Kier alpha value is -0.680. The summed E-state index contributed by atoms with van der Waals surface area (Å²) >= 11 is 0. The quantitative estimate of drug-likeness (QED) is 0.680. The van der Waals surface area contributed by atoms with Crippen molar-refractivity contribution >= 4 is 17.4 Å². The largest absolute Gasteiger partial charge is 0.352 e. The Morgan fingerprint density at radius 3 is 2.17 bits per heavy atom. The van der Waals surface area contributed by atoms with Gasteiger partial charge in [-0.2, -0.15) is 0 Å². The highest BCUT2D eigenvalue weighted by atomic mass is 32.2. The molecule has 1 aromatic carbocycles. The zero-order valence-electron chi connectivity index (χ0n) is 13.9. The van der Waals surface area contributed by atoms with Gasteiger partial charge in [0, 0.05) is 0 Å². The number of benzene rings is 1. The van der Waals surface area contributed by atoms with E-state index in [0.717, 1.165) is 0 Å². The number of sulfone groups is 1. The van der Waals surface area contributed by atoms with Crippen LogP contribution in [0.1, 0.15) is 40.0 Å². The third-order valence-electron chi connectivity index (χ3n) is 4.52. The van der Waals surface area contributed by atoms with Gasteiger partial charge in [-0.15, -0.1) is 0 Å². The first kappa shape index (κ1) is 18.7. The molecule has 0 bridgehead atoms. The molecule has 23 heavy (non-hydrogen) atoms. The van der Waals surface area contributed by atoms with Gasteiger partial charge in [0.25, 0.3) is 0 Å². The van der Waals surface area contributed by atoms with Gasteiger partial charge in [0.05, 0.1) is 18.1 Å². The van der Waals surface area contributed by atoms with Crippen LogP contribution in [0, 0.1) is 5.92 Å². The molecule has 5 nitrogen and oxygen atoms in total. The van der Waals surface area contributed by atoms with Crippen LogP contribution >= 0.6 is 7.60 Å². The Morgan fingerprint density at radius 2 is 1.74 bits per heavy atom. The predicted molar refractivity (Wildman–Crippen MR) is 90.2 cm³/mol. The molecule has 0 aromatic heterocycles. The van der Waals surface area contributed by atoms with Gasteiger partial charge in [-0.05, 0) is 44.7 Å². The first-order valence-corrected chi connectivity index (χ1v) is 11.1. The number of hydrogen-bond donors (Lipinski definition) is 0. The van der Waals surface area contributed by atoms with E-state index in [4.69, 9.17) is 9.05 Å². The second kappa shape index (κ2) is 7.06. The maximum absolute atomic E-state index is 13.5. The lowest BCUT2D eigenvalue weighted by atomic mass is 10.1. The highest BCUT2D eigenvalue weighted by Gasteiger charge is 2.65. The van der Waals surface area contributed by atoms with Gasteiger partial charge < -0.3 is 9.05 Å². The fourth-order valence-corrected chi connectivity index (χ4v) is 9.57. The molecule has 130 valence electrons. The fourth-order valence-electron chi connectivity index (χ4n) is 3.49. The van der Waals surface area contributed by atoms with Gasteiger partial charge >= 0.3 is 7.60 Å². The van der Waals surface area contributed by atoms with Crippen LogP contribution in [0.15, 0.2) is 35.2 Å². The van der Waals surface area contributed by atoms with E-state index in [9.17, 15) is 13.0 Å². The van der Waals surface area contributed by atoms with Crippen LogP contribution in [0.25, 0.3) is 0 Å². The topological polar surface area (TPSA) is 69.7 Å². The van der Waals surface area contributed by atoms with Crippen LogP contribution in [0.3, 0.4) is 0 Å². The van der Waals surface area contributed by atoms with Gasteiger partial charge in [0.15, 0.2) is 14.3 Å². The Morgan fingerprint density at radius 1 is 1.17 bits per heavy atom. The normalized spacial score (nSPS) is 25.6. The molecule has 7 heteroatoms. The molecular weight excluding hydrogens is 335 g/mol. The maximum atomic E-state index is 13.5. The molecule has 0 heterocycles. The summed E-state index contributed by atoms with van der Waals surface area (Å²) in [5.41, 5.74) is 0. The number of hydrogen-bond acceptors (Lipinski definition) is 5. The molecule has 0 spiro atoms. The summed E-state index contributed by atoms with van der Waals surface area (Å²) in [5.74, 6) is -0.295. The average molecular weight is 360 g/mol. The second-order valence-corrected chi connectivity index (χ2v) is 10.6. The summed E-state index contributed by atoms with van der Waals surface area (Å²) in [7, 11) is -7.69. The molecule has 0 amide bonds. The molecule has 0 saturated heterocycles. The van der Waals surface area contributed by atoms with Crippen molar-refractivity contribution in [2.24, 2.45) is 5.92 Å². The van der Waals surface area contributed by atoms with Crippen molar-refractivity contribution in [3.63, 3.8) is 0 Å². The van der Waals surface area contributed by atoms with Gasteiger partial charge in [-0.3, -0.25) is 4.57 Å². The van der Waals surface area contributed by atoms with E-state index in [1.54, 1.807) is 44.2 Å². The molecule has 0 N–H and O–H groups in total. The van der Waals surface area contributed by atoms with E-state index in [1.807, 2.05) is 6.92 Å². The summed E-state index contributed by atoms with van der Waals surface area (Å²) in [6.07, 6.45) is 1.68. The fraction of sp³-hybridized carbons (Fsp3) is 0.625. The van der Waals surface area contributed by atoms with Crippen LogP contribution in [-0.2, 0) is 23.4 Å². The van der Waals surface area contributed by atoms with Crippen LogP contribution in [0.2, 0.25) is 0 Å². The first-order valence-electron chi connectivity index (χ1n) is 8.04. The molecule has 1 aliphatic rings. The Balaban J connectivity index is 2.68. The smallest absolute Gasteiger partial charge is 0.308 e. The van der Waals surface area contributed by atoms with Crippen LogP contribution in [-0.4, -0.2) is 26.1 Å². The Kier molecular flexibility index (Phi) is 5.72. The van der Waals surface area contributed by atoms with E-state index >= 15 is 0 Å². The van der Waals surface area contributed by atoms with E-state index in [1.165, 1.54) is 0 Å². The minimum Gasteiger partial charge on any atom is -0.308 e. The lowest BCUT2D eigenvalue weighted by Gasteiger charge is -2.38. The molecule has 2 atom stereocenters. The Bertz CT molecular complexity index is 663. The molecule has 1 aromatic rings. The molecular formula is C16H25O5PS. The van der Waals surface area contributed by atoms with Crippen LogP contribution < -0.4 is 0 Å². The molecule has 0 radical (unpaired) electrons. The maximum Gasteiger partial charge on any atom is 0.352 e. The zero-order chi connectivity index (χ0) is 17.1. The lowest BCUT2D eigenvalue weighted by molar-refractivity contribution is 0.201. The summed E-state index contributed by atoms with van der Waals surface area (Å²) in [4.78, 5) is 0.174. The predicted octanol–water partition coefficient (Wildman–Crippen LogP) is 4.24. The van der Waals surface area contributed by atoms with Crippen molar-refractivity contribution in [3.8, 4) is 0 Å². The summed E-state index contributed by atoms with van der Waals surface area (Å²) in [5, 5.41) is 0. The van der Waals surface area contributed by atoms with Crippen molar-refractivity contribution in [3.05, 3.63) is 30.3 Å². The van der Waals surface area contributed by atoms with E-state index in [0.29, 0.717) is 19.3 Å². The van der Waals surface area contributed by atoms with Crippen molar-refractivity contribution in [1.29, 1.82) is 0 Å². The molecule has 1 saturated carbocycles. The third-order valence-corrected chi connectivity index (χ3v) is 11.1. The Labute approximate surface area is 138 Å². The highest BCUT2D eigenvalue weighted by molar-refractivity contribution is 7.99. The van der Waals surface area contributed by atoms with Gasteiger partial charge in [-0.1, -0.05) is 31.5 Å².